The van der Waals surface area contributed by atoms with Gasteiger partial charge in [0.25, 0.3) is 0 Å². The van der Waals surface area contributed by atoms with Gasteiger partial charge in [-0.2, -0.15) is 5.10 Å². The van der Waals surface area contributed by atoms with Crippen LogP contribution in [0.3, 0.4) is 0 Å². The van der Waals surface area contributed by atoms with E-state index in [0.29, 0.717) is 12.0 Å². The number of fused-ring (bicyclic) bond motifs is 1. The minimum absolute atomic E-state index is 0.493. The topological polar surface area (TPSA) is 68.2 Å². The zero-order valence-electron chi connectivity index (χ0n) is 10.6. The molecule has 1 fully saturated rings. The number of aromatic nitrogens is 3. The SMILES string of the molecule is Cc1cc2c(NC3CCC(CN)C3)nccn2n1. The fourth-order valence-electron chi connectivity index (χ4n) is 2.77. The van der Waals surface area contributed by atoms with Crippen LogP contribution in [0.5, 0.6) is 0 Å². The predicted octanol–water partition coefficient (Wildman–Crippen LogP) is 1.58. The predicted molar refractivity (Wildman–Crippen MR) is 71.5 cm³/mol. The van der Waals surface area contributed by atoms with E-state index >= 15 is 0 Å². The smallest absolute Gasteiger partial charge is 0.152 e. The molecule has 2 heterocycles. The van der Waals surface area contributed by atoms with Crippen LogP contribution < -0.4 is 11.1 Å². The highest BCUT2D eigenvalue weighted by molar-refractivity contribution is 5.68. The fraction of sp³-hybridized carbons (Fsp3) is 0.538. The van der Waals surface area contributed by atoms with E-state index in [1.165, 1.54) is 12.8 Å². The van der Waals surface area contributed by atoms with E-state index in [9.17, 15) is 0 Å². The van der Waals surface area contributed by atoms with Crippen molar-refractivity contribution in [1.82, 2.24) is 14.6 Å². The molecule has 0 bridgehead atoms. The first-order valence-electron chi connectivity index (χ1n) is 6.54. The number of rotatable bonds is 3. The minimum Gasteiger partial charge on any atom is -0.366 e. The van der Waals surface area contributed by atoms with Crippen molar-refractivity contribution in [2.45, 2.75) is 32.2 Å². The Hall–Kier alpha value is -1.62. The molecule has 2 aromatic rings. The average molecular weight is 245 g/mol. The van der Waals surface area contributed by atoms with Crippen molar-refractivity contribution < 1.29 is 0 Å². The average Bonchev–Trinajstić information content (AvgIpc) is 2.95. The molecule has 18 heavy (non-hydrogen) atoms. The molecule has 1 aliphatic rings. The quantitative estimate of drug-likeness (QED) is 0.861. The summed E-state index contributed by atoms with van der Waals surface area (Å²) in [6, 6.07) is 2.55. The van der Waals surface area contributed by atoms with Gasteiger partial charge in [0, 0.05) is 18.4 Å². The molecule has 0 aromatic carbocycles. The Kier molecular flexibility index (Phi) is 2.91. The lowest BCUT2D eigenvalue weighted by Gasteiger charge is -2.14. The van der Waals surface area contributed by atoms with Gasteiger partial charge in [-0.05, 0) is 44.7 Å². The van der Waals surface area contributed by atoms with E-state index < -0.39 is 0 Å². The summed E-state index contributed by atoms with van der Waals surface area (Å²) in [4.78, 5) is 4.43. The third kappa shape index (κ3) is 2.06. The van der Waals surface area contributed by atoms with Gasteiger partial charge in [0.2, 0.25) is 0 Å². The second-order valence-corrected chi connectivity index (χ2v) is 5.15. The van der Waals surface area contributed by atoms with Gasteiger partial charge in [0.1, 0.15) is 5.52 Å². The first-order valence-corrected chi connectivity index (χ1v) is 6.54. The number of hydrogen-bond donors (Lipinski definition) is 2. The maximum absolute atomic E-state index is 5.73. The van der Waals surface area contributed by atoms with E-state index in [0.717, 1.165) is 30.0 Å². The van der Waals surface area contributed by atoms with Crippen LogP contribution in [0, 0.1) is 12.8 Å². The molecule has 0 saturated heterocycles. The van der Waals surface area contributed by atoms with E-state index in [-0.39, 0.29) is 0 Å². The van der Waals surface area contributed by atoms with Crippen molar-refractivity contribution in [3.63, 3.8) is 0 Å². The molecule has 5 heteroatoms. The van der Waals surface area contributed by atoms with E-state index in [1.807, 2.05) is 17.6 Å². The first kappa shape index (κ1) is 11.5. The first-order chi connectivity index (χ1) is 8.76. The van der Waals surface area contributed by atoms with Crippen LogP contribution in [0.15, 0.2) is 18.5 Å². The Morgan fingerprint density at radius 1 is 1.50 bits per heavy atom. The van der Waals surface area contributed by atoms with Crippen molar-refractivity contribution in [1.29, 1.82) is 0 Å². The van der Waals surface area contributed by atoms with Gasteiger partial charge in [0.05, 0.1) is 5.69 Å². The molecule has 0 aliphatic heterocycles. The van der Waals surface area contributed by atoms with Crippen molar-refractivity contribution in [2.24, 2.45) is 11.7 Å². The normalized spacial score (nSPS) is 23.7. The van der Waals surface area contributed by atoms with Crippen LogP contribution in [-0.4, -0.2) is 27.2 Å². The third-order valence-electron chi connectivity index (χ3n) is 3.73. The minimum atomic E-state index is 0.493. The largest absolute Gasteiger partial charge is 0.366 e. The van der Waals surface area contributed by atoms with Crippen LogP contribution >= 0.6 is 0 Å². The van der Waals surface area contributed by atoms with Gasteiger partial charge in [-0.15, -0.1) is 0 Å². The summed E-state index contributed by atoms with van der Waals surface area (Å²) in [7, 11) is 0. The summed E-state index contributed by atoms with van der Waals surface area (Å²) < 4.78 is 1.88. The maximum Gasteiger partial charge on any atom is 0.152 e. The third-order valence-corrected chi connectivity index (χ3v) is 3.73. The van der Waals surface area contributed by atoms with Gasteiger partial charge in [-0.1, -0.05) is 0 Å². The summed E-state index contributed by atoms with van der Waals surface area (Å²) >= 11 is 0. The van der Waals surface area contributed by atoms with E-state index in [4.69, 9.17) is 5.73 Å². The Morgan fingerprint density at radius 2 is 2.39 bits per heavy atom. The highest BCUT2D eigenvalue weighted by atomic mass is 15.2. The lowest BCUT2D eigenvalue weighted by Crippen LogP contribution is -2.19. The Balaban J connectivity index is 1.82. The number of hydrogen-bond acceptors (Lipinski definition) is 4. The molecule has 3 N–H and O–H groups in total. The highest BCUT2D eigenvalue weighted by Crippen LogP contribution is 2.28. The molecule has 5 nitrogen and oxygen atoms in total. The number of nitrogens with zero attached hydrogens (tertiary/aromatic N) is 3. The second-order valence-electron chi connectivity index (χ2n) is 5.15. The molecule has 96 valence electrons. The molecule has 3 rings (SSSR count). The number of anilines is 1. The molecule has 0 spiro atoms. The summed E-state index contributed by atoms with van der Waals surface area (Å²) in [6.45, 7) is 2.79. The molecule has 1 aliphatic carbocycles. The number of aryl methyl sites for hydroxylation is 1. The number of nitrogens with two attached hydrogens (primary N) is 1. The van der Waals surface area contributed by atoms with E-state index in [2.05, 4.69) is 21.5 Å². The van der Waals surface area contributed by atoms with Crippen LogP contribution in [0.25, 0.3) is 5.52 Å². The molecule has 1 saturated carbocycles. The summed E-state index contributed by atoms with van der Waals surface area (Å²) in [5.74, 6) is 1.59. The lowest BCUT2D eigenvalue weighted by atomic mass is 10.1. The summed E-state index contributed by atoms with van der Waals surface area (Å²) in [6.07, 6.45) is 7.21. The maximum atomic E-state index is 5.73. The van der Waals surface area contributed by atoms with Crippen molar-refractivity contribution >= 4 is 11.3 Å². The van der Waals surface area contributed by atoms with Gasteiger partial charge >= 0.3 is 0 Å². The van der Waals surface area contributed by atoms with E-state index in [1.54, 1.807) is 6.20 Å². The van der Waals surface area contributed by atoms with Gasteiger partial charge in [0.15, 0.2) is 5.82 Å². The second kappa shape index (κ2) is 4.57. The molecule has 0 amide bonds. The van der Waals surface area contributed by atoms with Crippen LogP contribution in [0.4, 0.5) is 5.82 Å². The van der Waals surface area contributed by atoms with Crippen LogP contribution in [0.2, 0.25) is 0 Å². The zero-order chi connectivity index (χ0) is 12.5. The highest BCUT2D eigenvalue weighted by Gasteiger charge is 2.24. The lowest BCUT2D eigenvalue weighted by molar-refractivity contribution is 0.555. The van der Waals surface area contributed by atoms with Crippen molar-refractivity contribution in [3.05, 3.63) is 24.2 Å². The van der Waals surface area contributed by atoms with Crippen LogP contribution in [0.1, 0.15) is 25.0 Å². The molecule has 2 aromatic heterocycles. The number of nitrogens with one attached hydrogen (secondary N) is 1. The Bertz CT molecular complexity index is 547. The molecular formula is C13H19N5. The van der Waals surface area contributed by atoms with Gasteiger partial charge in [-0.25, -0.2) is 9.50 Å². The summed E-state index contributed by atoms with van der Waals surface area (Å²) in [5, 5.41) is 7.93. The molecular weight excluding hydrogens is 226 g/mol. The molecule has 0 radical (unpaired) electrons. The van der Waals surface area contributed by atoms with Crippen molar-refractivity contribution in [3.8, 4) is 0 Å². The Labute approximate surface area is 106 Å². The molecule has 2 atom stereocenters. The van der Waals surface area contributed by atoms with Crippen LogP contribution in [-0.2, 0) is 0 Å². The monoisotopic (exact) mass is 245 g/mol. The van der Waals surface area contributed by atoms with Gasteiger partial charge < -0.3 is 11.1 Å². The molecule has 2 unspecified atom stereocenters. The zero-order valence-corrected chi connectivity index (χ0v) is 10.6. The Morgan fingerprint density at radius 3 is 3.17 bits per heavy atom. The van der Waals surface area contributed by atoms with Crippen molar-refractivity contribution in [2.75, 3.05) is 11.9 Å². The standard InChI is InChI=1S/C13H19N5/c1-9-6-12-13(15-4-5-18(12)17-9)16-11-3-2-10(7-11)8-14/h4-6,10-11H,2-3,7-8,14H2,1H3,(H,15,16). The van der Waals surface area contributed by atoms with Gasteiger partial charge in [-0.3, -0.25) is 0 Å². The fourth-order valence-corrected chi connectivity index (χ4v) is 2.77. The summed E-state index contributed by atoms with van der Waals surface area (Å²) in [5.41, 5.74) is 7.78.